The number of aliphatic hydroxyl groups is 1. The van der Waals surface area contributed by atoms with Crippen LogP contribution in [-0.4, -0.2) is 82.6 Å². The van der Waals surface area contributed by atoms with Crippen molar-refractivity contribution < 1.29 is 34.4 Å². The highest BCUT2D eigenvalue weighted by molar-refractivity contribution is 6.27. The summed E-state index contributed by atoms with van der Waals surface area (Å²) in [5.74, 6) is -2.89. The molecule has 2 heterocycles. The maximum absolute atomic E-state index is 12.7. The van der Waals surface area contributed by atoms with Crippen molar-refractivity contribution in [3.63, 3.8) is 0 Å². The van der Waals surface area contributed by atoms with Crippen molar-refractivity contribution in [2.24, 2.45) is 5.92 Å². The molecule has 5 N–H and O–H groups in total. The Morgan fingerprint density at radius 2 is 1.84 bits per heavy atom. The maximum atomic E-state index is 12.7. The minimum Gasteiger partial charge on any atom is -0.497 e. The van der Waals surface area contributed by atoms with Crippen molar-refractivity contribution in [1.29, 1.82) is 0 Å². The van der Waals surface area contributed by atoms with Crippen LogP contribution in [0.2, 0.25) is 0 Å². The van der Waals surface area contributed by atoms with Crippen LogP contribution >= 0.6 is 0 Å². The Balaban J connectivity index is 0.000000717. The van der Waals surface area contributed by atoms with Crippen molar-refractivity contribution in [1.82, 2.24) is 15.2 Å². The zero-order valence-electron chi connectivity index (χ0n) is 21.5. The molecule has 2 amide bonds. The molecule has 1 aliphatic heterocycles. The summed E-state index contributed by atoms with van der Waals surface area (Å²) in [6.45, 7) is 5.15. The van der Waals surface area contributed by atoms with Crippen molar-refractivity contribution >= 4 is 34.6 Å². The summed E-state index contributed by atoms with van der Waals surface area (Å²) in [6.07, 6.45) is 8.86. The lowest BCUT2D eigenvalue weighted by Gasteiger charge is -2.38. The molecule has 11 heteroatoms. The van der Waals surface area contributed by atoms with E-state index in [0.717, 1.165) is 37.0 Å². The predicted octanol–water partition coefficient (Wildman–Crippen LogP) is 3.17. The third kappa shape index (κ3) is 9.85. The number of fused-ring (bicyclic) bond motifs is 1. The number of aliphatic carboxylic acids is 2. The van der Waals surface area contributed by atoms with E-state index < -0.39 is 11.9 Å². The first kappa shape index (κ1) is 29.8. The number of urea groups is 1. The molecule has 2 atom stereocenters. The summed E-state index contributed by atoms with van der Waals surface area (Å²) >= 11 is 0. The van der Waals surface area contributed by atoms with E-state index in [1.54, 1.807) is 19.4 Å². The molecule has 0 aliphatic carbocycles. The van der Waals surface area contributed by atoms with Gasteiger partial charge in [-0.15, -0.1) is 0 Å². The Hall–Kier alpha value is -3.44. The number of hydrogen-bond acceptors (Lipinski definition) is 7. The van der Waals surface area contributed by atoms with E-state index in [1.165, 1.54) is 32.1 Å². The quantitative estimate of drug-likeness (QED) is 0.235. The summed E-state index contributed by atoms with van der Waals surface area (Å²) in [5.41, 5.74) is 1.48. The van der Waals surface area contributed by atoms with Gasteiger partial charge in [0.25, 0.3) is 0 Å². The normalized spacial score (nSPS) is 17.4. The zero-order chi connectivity index (χ0) is 27.2. The molecule has 11 nitrogen and oxygen atoms in total. The Labute approximate surface area is 216 Å². The molecule has 0 radical (unpaired) electrons. The number of amides is 2. The molecule has 1 fully saturated rings. The van der Waals surface area contributed by atoms with E-state index in [1.807, 2.05) is 18.2 Å². The van der Waals surface area contributed by atoms with Gasteiger partial charge in [-0.3, -0.25) is 4.98 Å². The number of unbranched alkanes of at least 4 members (excludes halogenated alkanes) is 4. The molecule has 1 saturated heterocycles. The average Bonchev–Trinajstić information content (AvgIpc) is 2.89. The third-order valence-corrected chi connectivity index (χ3v) is 6.33. The van der Waals surface area contributed by atoms with Gasteiger partial charge in [0.1, 0.15) is 5.75 Å². The molecule has 0 bridgehead atoms. The third-order valence-electron chi connectivity index (χ3n) is 6.33. The summed E-state index contributed by atoms with van der Waals surface area (Å²) < 4.78 is 5.30. The largest absolute Gasteiger partial charge is 0.497 e. The number of benzene rings is 1. The van der Waals surface area contributed by atoms with Gasteiger partial charge in [0, 0.05) is 43.2 Å². The molecule has 204 valence electrons. The van der Waals surface area contributed by atoms with E-state index in [2.05, 4.69) is 27.4 Å². The van der Waals surface area contributed by atoms with Gasteiger partial charge >= 0.3 is 18.0 Å². The Bertz CT molecular complexity index is 1020. The molecular formula is C26H38N4O7. The number of carbonyl (C=O) groups is 3. The molecule has 1 aromatic carbocycles. The fraction of sp³-hybridized carbons (Fsp3) is 0.538. The number of nitrogens with one attached hydrogen (secondary N) is 2. The molecule has 2 aromatic rings. The van der Waals surface area contributed by atoms with E-state index >= 15 is 0 Å². The van der Waals surface area contributed by atoms with Gasteiger partial charge in [-0.1, -0.05) is 32.6 Å². The molecule has 1 aromatic heterocycles. The predicted molar refractivity (Wildman–Crippen MR) is 140 cm³/mol. The first-order valence-corrected chi connectivity index (χ1v) is 12.6. The van der Waals surface area contributed by atoms with Gasteiger partial charge in [0.2, 0.25) is 0 Å². The molecule has 37 heavy (non-hydrogen) atoms. The summed E-state index contributed by atoms with van der Waals surface area (Å²) in [5, 5.41) is 31.5. The highest BCUT2D eigenvalue weighted by Gasteiger charge is 2.29. The second-order valence-electron chi connectivity index (χ2n) is 9.00. The van der Waals surface area contributed by atoms with Crippen LogP contribution in [0.15, 0.2) is 30.5 Å². The van der Waals surface area contributed by atoms with Gasteiger partial charge in [-0.2, -0.15) is 0 Å². The smallest absolute Gasteiger partial charge is 0.414 e. The minimum atomic E-state index is -1.82. The van der Waals surface area contributed by atoms with Crippen molar-refractivity contribution in [2.45, 2.75) is 51.5 Å². The lowest BCUT2D eigenvalue weighted by Crippen LogP contribution is -2.53. The molecule has 0 spiro atoms. The van der Waals surface area contributed by atoms with Gasteiger partial charge in [0.05, 0.1) is 18.3 Å². The van der Waals surface area contributed by atoms with Gasteiger partial charge < -0.3 is 35.6 Å². The van der Waals surface area contributed by atoms with E-state index in [4.69, 9.17) is 24.5 Å². The number of ether oxygens (including phenoxy) is 1. The zero-order valence-corrected chi connectivity index (χ0v) is 21.5. The average molecular weight is 519 g/mol. The first-order chi connectivity index (χ1) is 17.8. The van der Waals surface area contributed by atoms with Gasteiger partial charge in [0.15, 0.2) is 0 Å². The lowest BCUT2D eigenvalue weighted by atomic mass is 9.92. The number of carboxylic acids is 2. The Kier molecular flexibility index (Phi) is 12.6. The monoisotopic (exact) mass is 518 g/mol. The molecule has 0 saturated carbocycles. The number of aromatic nitrogens is 1. The number of aliphatic hydroxyl groups excluding tert-OH is 1. The number of anilines is 1. The number of carbonyl (C=O) groups excluding carboxylic acids is 1. The second kappa shape index (κ2) is 15.6. The number of methoxy groups -OCH3 is 1. The van der Waals surface area contributed by atoms with Crippen LogP contribution < -0.4 is 15.4 Å². The number of piperidine rings is 1. The number of nitrogens with zero attached hydrogens (tertiary/aromatic N) is 2. The fourth-order valence-corrected chi connectivity index (χ4v) is 4.31. The highest BCUT2D eigenvalue weighted by Crippen LogP contribution is 2.26. The topological polar surface area (TPSA) is 161 Å². The number of pyridine rings is 1. The van der Waals surface area contributed by atoms with E-state index in [0.29, 0.717) is 11.4 Å². The van der Waals surface area contributed by atoms with Crippen LogP contribution in [0.3, 0.4) is 0 Å². The summed E-state index contributed by atoms with van der Waals surface area (Å²) in [7, 11) is 1.62. The number of carboxylic acid groups (broad SMARTS) is 2. The second-order valence-corrected chi connectivity index (χ2v) is 9.00. The number of hydrogen-bond donors (Lipinski definition) is 5. The van der Waals surface area contributed by atoms with Crippen LogP contribution in [0, 0.1) is 5.92 Å². The van der Waals surface area contributed by atoms with Gasteiger partial charge in [-0.05, 0) is 43.7 Å². The van der Waals surface area contributed by atoms with Crippen molar-refractivity contribution in [3.8, 4) is 5.75 Å². The van der Waals surface area contributed by atoms with Crippen molar-refractivity contribution in [3.05, 3.63) is 30.5 Å². The summed E-state index contributed by atoms with van der Waals surface area (Å²) in [6, 6.07) is 7.08. The van der Waals surface area contributed by atoms with Crippen LogP contribution in [0.25, 0.3) is 10.9 Å². The highest BCUT2D eigenvalue weighted by atomic mass is 16.5. The maximum Gasteiger partial charge on any atom is 0.414 e. The lowest BCUT2D eigenvalue weighted by molar-refractivity contribution is -0.159. The summed E-state index contributed by atoms with van der Waals surface area (Å²) in [4.78, 5) is 37.7. The first-order valence-electron chi connectivity index (χ1n) is 12.6. The van der Waals surface area contributed by atoms with Crippen molar-refractivity contribution in [2.75, 3.05) is 38.7 Å². The molecular weight excluding hydrogens is 480 g/mol. The van der Waals surface area contributed by atoms with E-state index in [-0.39, 0.29) is 24.6 Å². The minimum absolute atomic E-state index is 0.0380. The molecule has 1 aliphatic rings. The molecule has 3 rings (SSSR count). The fourth-order valence-electron chi connectivity index (χ4n) is 4.31. The van der Waals surface area contributed by atoms with E-state index in [9.17, 15) is 9.90 Å². The van der Waals surface area contributed by atoms with Crippen LogP contribution in [0.4, 0.5) is 10.5 Å². The molecule has 0 unspecified atom stereocenters. The van der Waals surface area contributed by atoms with Crippen LogP contribution in [0.5, 0.6) is 5.75 Å². The van der Waals surface area contributed by atoms with Crippen LogP contribution in [-0.2, 0) is 9.59 Å². The number of rotatable bonds is 10. The SMILES string of the molecule is CCCCCCCN1CC[C@H](NC(=O)Nc2ccnc3ccc(OC)cc23)[C@H](CO)C1.O=C(O)C(=O)O. The van der Waals surface area contributed by atoms with Gasteiger partial charge in [-0.25, -0.2) is 14.4 Å². The Morgan fingerprint density at radius 3 is 2.49 bits per heavy atom. The standard InChI is InChI=1S/C24H36N4O3.C2H2O4/c1-3-4-5-6-7-13-28-14-11-21(18(16-28)17-29)26-24(30)27-23-10-12-25-22-9-8-19(31-2)15-20(22)23;3-1(4)2(5)6/h8-10,12,15,18,21,29H,3-7,11,13-14,16-17H2,1-2H3,(H2,25,26,27,30);(H,3,4)(H,5,6)/t18-,21-;/m0./s1. The Morgan fingerprint density at radius 1 is 1.11 bits per heavy atom. The van der Waals surface area contributed by atoms with Crippen LogP contribution in [0.1, 0.15) is 45.4 Å². The number of likely N-dealkylation sites (tertiary alicyclic amines) is 1.